The highest BCUT2D eigenvalue weighted by Crippen LogP contribution is 2.48. The fourth-order valence-corrected chi connectivity index (χ4v) is 5.15. The zero-order chi connectivity index (χ0) is 21.7. The van der Waals surface area contributed by atoms with E-state index >= 15 is 0 Å². The van der Waals surface area contributed by atoms with E-state index in [2.05, 4.69) is 61.8 Å². The molecule has 2 atom stereocenters. The Morgan fingerprint density at radius 2 is 1.97 bits per heavy atom. The number of fused-ring (bicyclic) bond motifs is 2. The van der Waals surface area contributed by atoms with Crippen molar-refractivity contribution in [3.63, 3.8) is 0 Å². The van der Waals surface area contributed by atoms with Crippen LogP contribution in [0.25, 0.3) is 0 Å². The van der Waals surface area contributed by atoms with Crippen LogP contribution in [0.2, 0.25) is 0 Å². The number of allylic oxidation sites excluding steroid dienone is 6. The lowest BCUT2D eigenvalue weighted by molar-refractivity contribution is -0.113. The number of carbonyl (C=O) groups excluding carboxylic acids is 1. The number of nitrogens with zero attached hydrogens (tertiary/aromatic N) is 2. The summed E-state index contributed by atoms with van der Waals surface area (Å²) in [5, 5.41) is 0. The molecule has 2 unspecified atom stereocenters. The molecule has 0 aromatic carbocycles. The molecule has 0 radical (unpaired) electrons. The predicted molar refractivity (Wildman–Crippen MR) is 127 cm³/mol. The van der Waals surface area contributed by atoms with Gasteiger partial charge in [-0.05, 0) is 56.5 Å². The number of carbonyl (C=O) groups is 1. The molecule has 0 saturated heterocycles. The summed E-state index contributed by atoms with van der Waals surface area (Å²) in [4.78, 5) is 17.3. The van der Waals surface area contributed by atoms with Crippen LogP contribution in [0.5, 0.6) is 0 Å². The van der Waals surface area contributed by atoms with Crippen molar-refractivity contribution in [1.29, 1.82) is 0 Å². The minimum Gasteiger partial charge on any atom is -0.360 e. The van der Waals surface area contributed by atoms with Crippen LogP contribution in [-0.2, 0) is 4.79 Å². The van der Waals surface area contributed by atoms with E-state index in [0.717, 1.165) is 44.6 Å². The fraction of sp³-hybridized carbons (Fsp3) is 0.593. The Labute approximate surface area is 183 Å². The van der Waals surface area contributed by atoms with E-state index in [-0.39, 0.29) is 11.8 Å². The Bertz CT molecular complexity index is 792. The first-order chi connectivity index (χ1) is 14.5. The number of hydrogen-bond acceptors (Lipinski definition) is 3. The lowest BCUT2D eigenvalue weighted by Crippen LogP contribution is -2.38. The highest BCUT2D eigenvalue weighted by molar-refractivity contribution is 5.97. The minimum absolute atomic E-state index is 0.162. The zero-order valence-electron chi connectivity index (χ0n) is 19.7. The number of ketones is 1. The third kappa shape index (κ3) is 4.56. The van der Waals surface area contributed by atoms with Gasteiger partial charge in [0.25, 0.3) is 0 Å². The van der Waals surface area contributed by atoms with Gasteiger partial charge in [-0.25, -0.2) is 0 Å². The molecule has 0 amide bonds. The lowest BCUT2D eigenvalue weighted by Gasteiger charge is -2.34. The van der Waals surface area contributed by atoms with Crippen molar-refractivity contribution >= 4 is 5.78 Å². The average Bonchev–Trinajstić information content (AvgIpc) is 3.07. The Kier molecular flexibility index (Phi) is 7.93. The molecule has 0 spiro atoms. The summed E-state index contributed by atoms with van der Waals surface area (Å²) in [6.07, 6.45) is 17.2. The van der Waals surface area contributed by atoms with Gasteiger partial charge in [0.2, 0.25) is 0 Å². The van der Waals surface area contributed by atoms with Gasteiger partial charge in [-0.15, -0.1) is 0 Å². The highest BCUT2D eigenvalue weighted by Gasteiger charge is 2.40. The second-order valence-corrected chi connectivity index (χ2v) is 8.75. The second kappa shape index (κ2) is 10.4. The molecule has 0 aromatic heterocycles. The molecule has 3 nitrogen and oxygen atoms in total. The number of likely N-dealkylation sites (N-methyl/N-ethyl adjacent to an activating group) is 1. The molecule has 0 aromatic rings. The molecule has 164 valence electrons. The molecule has 1 heterocycles. The molecule has 2 aliphatic carbocycles. The average molecular weight is 409 g/mol. The van der Waals surface area contributed by atoms with Crippen LogP contribution in [-0.4, -0.2) is 47.8 Å². The molecule has 3 aliphatic rings. The summed E-state index contributed by atoms with van der Waals surface area (Å²) in [5.41, 5.74) is 6.73. The van der Waals surface area contributed by atoms with Crippen LogP contribution in [0.15, 0.2) is 58.4 Å². The maximum absolute atomic E-state index is 12.1. The lowest BCUT2D eigenvalue weighted by atomic mass is 9.77. The summed E-state index contributed by atoms with van der Waals surface area (Å²) in [6, 6.07) is 0.273. The number of unbranched alkanes of at least 4 members (excludes halogenated alkanes) is 1. The normalized spacial score (nSPS) is 24.3. The maximum atomic E-state index is 12.1. The Balaban J connectivity index is 2.03. The third-order valence-electron chi connectivity index (χ3n) is 6.88. The summed E-state index contributed by atoms with van der Waals surface area (Å²) >= 11 is 0. The number of rotatable bonds is 10. The van der Waals surface area contributed by atoms with Crippen molar-refractivity contribution in [3.05, 3.63) is 58.4 Å². The van der Waals surface area contributed by atoms with Gasteiger partial charge < -0.3 is 9.80 Å². The fourth-order valence-electron chi connectivity index (χ4n) is 5.15. The van der Waals surface area contributed by atoms with Gasteiger partial charge in [-0.3, -0.25) is 4.79 Å². The molecule has 3 rings (SSSR count). The van der Waals surface area contributed by atoms with Gasteiger partial charge in [0.15, 0.2) is 5.78 Å². The van der Waals surface area contributed by atoms with Crippen molar-refractivity contribution in [3.8, 4) is 0 Å². The molecular weight excluding hydrogens is 368 g/mol. The molecule has 0 fully saturated rings. The topological polar surface area (TPSA) is 23.6 Å². The number of Topliss-reactive ketones (excluding diaryl/α,β-unsaturated/α-hetero) is 1. The van der Waals surface area contributed by atoms with Crippen LogP contribution in [0, 0.1) is 5.92 Å². The standard InChI is InChI=1S/C27H40N2O/c1-6-10-12-21-13-16-26-27(23(21)11-7-2)24-19-22(20(5)30)14-15-25(24)29(26)18-17-28(8-3)9-4/h12,14-16,19,23,25H,6-11,13,17-18H2,1-5H3. The quantitative estimate of drug-likeness (QED) is 0.425. The molecule has 0 saturated carbocycles. The van der Waals surface area contributed by atoms with Gasteiger partial charge in [0.05, 0.1) is 6.04 Å². The maximum Gasteiger partial charge on any atom is 0.159 e. The van der Waals surface area contributed by atoms with Gasteiger partial charge >= 0.3 is 0 Å². The van der Waals surface area contributed by atoms with Crippen molar-refractivity contribution < 1.29 is 4.79 Å². The molecule has 0 N–H and O–H groups in total. The second-order valence-electron chi connectivity index (χ2n) is 8.75. The third-order valence-corrected chi connectivity index (χ3v) is 6.88. The van der Waals surface area contributed by atoms with Crippen LogP contribution < -0.4 is 0 Å². The SMILES string of the molecule is CCCC=C1CC=C2C(=C3C=C(C(C)=O)C=CC3N2CCN(CC)CC)C1CCC. The van der Waals surface area contributed by atoms with Crippen molar-refractivity contribution in [2.75, 3.05) is 26.2 Å². The van der Waals surface area contributed by atoms with E-state index in [4.69, 9.17) is 0 Å². The first-order valence-electron chi connectivity index (χ1n) is 12.1. The Morgan fingerprint density at radius 1 is 1.20 bits per heavy atom. The van der Waals surface area contributed by atoms with E-state index in [0.29, 0.717) is 5.92 Å². The predicted octanol–water partition coefficient (Wildman–Crippen LogP) is 5.82. The van der Waals surface area contributed by atoms with E-state index in [1.54, 1.807) is 12.5 Å². The zero-order valence-corrected chi connectivity index (χ0v) is 19.7. The van der Waals surface area contributed by atoms with E-state index in [9.17, 15) is 4.79 Å². The molecule has 0 bridgehead atoms. The van der Waals surface area contributed by atoms with E-state index < -0.39 is 0 Å². The van der Waals surface area contributed by atoms with Gasteiger partial charge in [0, 0.05) is 30.3 Å². The minimum atomic E-state index is 0.162. The summed E-state index contributed by atoms with van der Waals surface area (Å²) in [5.74, 6) is 0.656. The first-order valence-corrected chi connectivity index (χ1v) is 12.1. The highest BCUT2D eigenvalue weighted by atomic mass is 16.1. The smallest absolute Gasteiger partial charge is 0.159 e. The molecular formula is C27H40N2O. The largest absolute Gasteiger partial charge is 0.360 e. The van der Waals surface area contributed by atoms with Gasteiger partial charge in [-0.2, -0.15) is 0 Å². The van der Waals surface area contributed by atoms with Crippen LogP contribution >= 0.6 is 0 Å². The Morgan fingerprint density at radius 3 is 2.60 bits per heavy atom. The molecule has 1 aliphatic heterocycles. The summed E-state index contributed by atoms with van der Waals surface area (Å²) in [7, 11) is 0. The van der Waals surface area contributed by atoms with Crippen molar-refractivity contribution in [2.45, 2.75) is 72.8 Å². The monoisotopic (exact) mass is 408 g/mol. The Hall–Kier alpha value is -1.87. The number of hydrogen-bond donors (Lipinski definition) is 0. The molecule has 30 heavy (non-hydrogen) atoms. The van der Waals surface area contributed by atoms with Crippen molar-refractivity contribution in [2.24, 2.45) is 5.92 Å². The molecule has 3 heteroatoms. The van der Waals surface area contributed by atoms with Crippen LogP contribution in [0.4, 0.5) is 0 Å². The first kappa shape index (κ1) is 22.8. The van der Waals surface area contributed by atoms with E-state index in [1.807, 2.05) is 6.08 Å². The summed E-state index contributed by atoms with van der Waals surface area (Å²) in [6.45, 7) is 15.0. The van der Waals surface area contributed by atoms with Crippen LogP contribution in [0.3, 0.4) is 0 Å². The van der Waals surface area contributed by atoms with Crippen molar-refractivity contribution in [1.82, 2.24) is 9.80 Å². The van der Waals surface area contributed by atoms with Gasteiger partial charge in [0.1, 0.15) is 0 Å². The van der Waals surface area contributed by atoms with Crippen LogP contribution in [0.1, 0.15) is 66.7 Å². The van der Waals surface area contributed by atoms with E-state index in [1.165, 1.54) is 36.1 Å². The summed E-state index contributed by atoms with van der Waals surface area (Å²) < 4.78 is 0. The van der Waals surface area contributed by atoms with Gasteiger partial charge in [-0.1, -0.05) is 70.4 Å².